The molecule has 3 N–H and O–H groups in total. The molecule has 2 atom stereocenters. The van der Waals surface area contributed by atoms with Gasteiger partial charge in [-0.25, -0.2) is 0 Å². The Morgan fingerprint density at radius 1 is 1.26 bits per heavy atom. The fraction of sp³-hybridized carbons (Fsp3) is 0.500. The maximum absolute atomic E-state index is 12.4. The molecule has 1 aliphatic rings. The molecule has 19 heavy (non-hydrogen) atoms. The largest absolute Gasteiger partial charge is 0.496 e. The van der Waals surface area contributed by atoms with Crippen LogP contribution in [-0.4, -0.2) is 32.2 Å². The van der Waals surface area contributed by atoms with Crippen LogP contribution in [0.2, 0.25) is 0 Å². The molecule has 0 aromatic heterocycles. The van der Waals surface area contributed by atoms with Crippen molar-refractivity contribution >= 4 is 5.91 Å². The molecule has 0 heterocycles. The lowest BCUT2D eigenvalue weighted by molar-refractivity contribution is 0.0931. The third-order valence-corrected chi connectivity index (χ3v) is 3.46. The molecule has 1 aromatic rings. The summed E-state index contributed by atoms with van der Waals surface area (Å²) in [6.07, 6.45) is 2.70. The van der Waals surface area contributed by atoms with Gasteiger partial charge in [-0.2, -0.15) is 0 Å². The predicted molar refractivity (Wildman–Crippen MR) is 72.6 cm³/mol. The molecule has 5 nitrogen and oxygen atoms in total. The van der Waals surface area contributed by atoms with E-state index in [0.717, 1.165) is 19.3 Å². The summed E-state index contributed by atoms with van der Waals surface area (Å²) in [5.74, 6) is 0.853. The standard InChI is InChI=1S/C14H20N2O3/c1-18-11-4-3-5-12(19-2)13(11)14(17)16-10-7-6-9(15)8-10/h3-5,9-10H,6-8,15H2,1-2H3,(H,16,17). The molecular weight excluding hydrogens is 244 g/mol. The van der Waals surface area contributed by atoms with E-state index in [0.29, 0.717) is 17.1 Å². The SMILES string of the molecule is COc1cccc(OC)c1C(=O)NC1CCC(N)C1. The molecule has 0 bridgehead atoms. The molecule has 5 heteroatoms. The Kier molecular flexibility index (Phi) is 4.27. The van der Waals surface area contributed by atoms with Crippen molar-refractivity contribution in [2.24, 2.45) is 5.73 Å². The number of carbonyl (C=O) groups excluding carboxylic acids is 1. The van der Waals surface area contributed by atoms with Crippen LogP contribution in [0.1, 0.15) is 29.6 Å². The van der Waals surface area contributed by atoms with Crippen LogP contribution in [-0.2, 0) is 0 Å². The molecule has 0 saturated heterocycles. The average molecular weight is 264 g/mol. The Labute approximate surface area is 113 Å². The first-order chi connectivity index (χ1) is 9.15. The molecule has 1 aliphatic carbocycles. The first-order valence-corrected chi connectivity index (χ1v) is 6.43. The molecule has 1 fully saturated rings. The number of rotatable bonds is 4. The molecule has 1 aromatic carbocycles. The van der Waals surface area contributed by atoms with E-state index in [1.165, 1.54) is 14.2 Å². The minimum atomic E-state index is -0.173. The highest BCUT2D eigenvalue weighted by Crippen LogP contribution is 2.28. The van der Waals surface area contributed by atoms with E-state index in [9.17, 15) is 4.79 Å². The van der Waals surface area contributed by atoms with Crippen molar-refractivity contribution < 1.29 is 14.3 Å². The summed E-state index contributed by atoms with van der Waals surface area (Å²) in [6.45, 7) is 0. The fourth-order valence-corrected chi connectivity index (χ4v) is 2.48. The van der Waals surface area contributed by atoms with Gasteiger partial charge in [0, 0.05) is 12.1 Å². The number of hydrogen-bond acceptors (Lipinski definition) is 4. The van der Waals surface area contributed by atoms with Crippen molar-refractivity contribution in [2.75, 3.05) is 14.2 Å². The Morgan fingerprint density at radius 3 is 2.37 bits per heavy atom. The molecular formula is C14H20N2O3. The lowest BCUT2D eigenvalue weighted by Gasteiger charge is -2.16. The maximum atomic E-state index is 12.4. The number of ether oxygens (including phenoxy) is 2. The normalized spacial score (nSPS) is 22.1. The summed E-state index contributed by atoms with van der Waals surface area (Å²) in [6, 6.07) is 5.61. The van der Waals surface area contributed by atoms with E-state index >= 15 is 0 Å². The predicted octanol–water partition coefficient (Wildman–Crippen LogP) is 1.31. The summed E-state index contributed by atoms with van der Waals surface area (Å²) in [5.41, 5.74) is 6.29. The Bertz CT molecular complexity index is 440. The van der Waals surface area contributed by atoms with Gasteiger partial charge in [0.05, 0.1) is 14.2 Å². The zero-order valence-electron chi connectivity index (χ0n) is 11.3. The second kappa shape index (κ2) is 5.93. The Morgan fingerprint density at radius 2 is 1.89 bits per heavy atom. The third kappa shape index (κ3) is 2.98. The summed E-state index contributed by atoms with van der Waals surface area (Å²) in [7, 11) is 3.08. The highest BCUT2D eigenvalue weighted by molar-refractivity contribution is 5.99. The van der Waals surface area contributed by atoms with Crippen LogP contribution in [0.15, 0.2) is 18.2 Å². The van der Waals surface area contributed by atoms with Gasteiger partial charge in [0.2, 0.25) is 0 Å². The molecule has 104 valence electrons. The van der Waals surface area contributed by atoms with E-state index in [1.807, 2.05) is 0 Å². The van der Waals surface area contributed by atoms with Crippen LogP contribution in [0.5, 0.6) is 11.5 Å². The molecule has 1 amide bonds. The second-order valence-electron chi connectivity index (χ2n) is 4.78. The first-order valence-electron chi connectivity index (χ1n) is 6.43. The van der Waals surface area contributed by atoms with Gasteiger partial charge >= 0.3 is 0 Å². The van der Waals surface area contributed by atoms with E-state index < -0.39 is 0 Å². The smallest absolute Gasteiger partial charge is 0.259 e. The molecule has 0 radical (unpaired) electrons. The van der Waals surface area contributed by atoms with Crippen molar-refractivity contribution in [3.63, 3.8) is 0 Å². The number of nitrogens with one attached hydrogen (secondary N) is 1. The molecule has 0 aliphatic heterocycles. The van der Waals surface area contributed by atoms with Gasteiger partial charge in [0.15, 0.2) is 0 Å². The van der Waals surface area contributed by atoms with E-state index in [2.05, 4.69) is 5.32 Å². The zero-order valence-corrected chi connectivity index (χ0v) is 11.3. The highest BCUT2D eigenvalue weighted by atomic mass is 16.5. The number of benzene rings is 1. The fourth-order valence-electron chi connectivity index (χ4n) is 2.48. The summed E-state index contributed by atoms with van der Waals surface area (Å²) in [4.78, 5) is 12.4. The summed E-state index contributed by atoms with van der Waals surface area (Å²) < 4.78 is 10.5. The molecule has 2 unspecified atom stereocenters. The lowest BCUT2D eigenvalue weighted by Crippen LogP contribution is -2.34. The number of amides is 1. The lowest BCUT2D eigenvalue weighted by atomic mass is 10.1. The van der Waals surface area contributed by atoms with Crippen LogP contribution < -0.4 is 20.5 Å². The maximum Gasteiger partial charge on any atom is 0.259 e. The quantitative estimate of drug-likeness (QED) is 0.860. The highest BCUT2D eigenvalue weighted by Gasteiger charge is 2.26. The summed E-state index contributed by atoms with van der Waals surface area (Å²) in [5, 5.41) is 3.00. The zero-order chi connectivity index (χ0) is 13.8. The van der Waals surface area contributed by atoms with Crippen LogP contribution in [0.25, 0.3) is 0 Å². The van der Waals surface area contributed by atoms with Crippen molar-refractivity contribution in [1.82, 2.24) is 5.32 Å². The molecule has 1 saturated carbocycles. The summed E-state index contributed by atoms with van der Waals surface area (Å²) >= 11 is 0. The van der Waals surface area contributed by atoms with Crippen LogP contribution >= 0.6 is 0 Å². The number of methoxy groups -OCH3 is 2. The number of carbonyl (C=O) groups is 1. The van der Waals surface area contributed by atoms with Gasteiger partial charge in [-0.15, -0.1) is 0 Å². The number of hydrogen-bond donors (Lipinski definition) is 2. The topological polar surface area (TPSA) is 73.6 Å². The second-order valence-corrected chi connectivity index (χ2v) is 4.78. The van der Waals surface area contributed by atoms with Gasteiger partial charge in [-0.1, -0.05) is 6.07 Å². The third-order valence-electron chi connectivity index (χ3n) is 3.46. The van der Waals surface area contributed by atoms with Crippen LogP contribution in [0.3, 0.4) is 0 Å². The number of nitrogens with two attached hydrogens (primary N) is 1. The monoisotopic (exact) mass is 264 g/mol. The van der Waals surface area contributed by atoms with Crippen molar-refractivity contribution in [3.8, 4) is 11.5 Å². The van der Waals surface area contributed by atoms with Crippen LogP contribution in [0.4, 0.5) is 0 Å². The van der Waals surface area contributed by atoms with Gasteiger partial charge in [-0.3, -0.25) is 4.79 Å². The Hall–Kier alpha value is -1.75. The average Bonchev–Trinajstić information content (AvgIpc) is 2.82. The van der Waals surface area contributed by atoms with Crippen molar-refractivity contribution in [2.45, 2.75) is 31.3 Å². The van der Waals surface area contributed by atoms with Crippen molar-refractivity contribution in [1.29, 1.82) is 0 Å². The minimum Gasteiger partial charge on any atom is -0.496 e. The minimum absolute atomic E-state index is 0.136. The first kappa shape index (κ1) is 13.7. The molecule has 0 spiro atoms. The van der Waals surface area contributed by atoms with Gasteiger partial charge in [-0.05, 0) is 31.4 Å². The van der Waals surface area contributed by atoms with Crippen LogP contribution in [0, 0.1) is 0 Å². The van der Waals surface area contributed by atoms with E-state index in [-0.39, 0.29) is 18.0 Å². The van der Waals surface area contributed by atoms with Gasteiger partial charge < -0.3 is 20.5 Å². The van der Waals surface area contributed by atoms with Crippen molar-refractivity contribution in [3.05, 3.63) is 23.8 Å². The van der Waals surface area contributed by atoms with Gasteiger partial charge in [0.1, 0.15) is 17.1 Å². The Balaban J connectivity index is 2.18. The molecule has 2 rings (SSSR count). The van der Waals surface area contributed by atoms with E-state index in [1.54, 1.807) is 18.2 Å². The van der Waals surface area contributed by atoms with Gasteiger partial charge in [0.25, 0.3) is 5.91 Å². The van der Waals surface area contributed by atoms with E-state index in [4.69, 9.17) is 15.2 Å².